The molecule has 1 aromatic heterocycles. The number of hydrogen-bond donors (Lipinski definition) is 2. The molecule has 168 valence electrons. The van der Waals surface area contributed by atoms with Crippen molar-refractivity contribution in [1.29, 1.82) is 0 Å². The molecular formula is C22H31N5O2S2. The lowest BCUT2D eigenvalue weighted by Crippen LogP contribution is -2.31. The van der Waals surface area contributed by atoms with Crippen molar-refractivity contribution in [2.24, 2.45) is 0 Å². The van der Waals surface area contributed by atoms with Gasteiger partial charge in [-0.15, -0.1) is 22.0 Å². The minimum atomic E-state index is -0.259. The number of thioether (sulfide) groups is 1. The summed E-state index contributed by atoms with van der Waals surface area (Å²) < 4.78 is 0. The number of hydrogen-bond acceptors (Lipinski definition) is 7. The lowest BCUT2D eigenvalue weighted by Gasteiger charge is -2.19. The number of benzene rings is 1. The molecule has 0 aliphatic carbocycles. The Balaban J connectivity index is 1.30. The second kappa shape index (κ2) is 12.8. The van der Waals surface area contributed by atoms with Crippen LogP contribution in [0.5, 0.6) is 0 Å². The molecule has 0 spiro atoms. The lowest BCUT2D eigenvalue weighted by molar-refractivity contribution is -0.118. The van der Waals surface area contributed by atoms with E-state index in [1.165, 1.54) is 61.9 Å². The fraction of sp³-hybridized carbons (Fsp3) is 0.545. The molecule has 0 saturated carbocycles. The van der Waals surface area contributed by atoms with Crippen LogP contribution in [0.2, 0.25) is 0 Å². The van der Waals surface area contributed by atoms with Gasteiger partial charge in [-0.25, -0.2) is 0 Å². The van der Waals surface area contributed by atoms with Crippen molar-refractivity contribution in [2.45, 2.75) is 44.8 Å². The topological polar surface area (TPSA) is 87.2 Å². The highest BCUT2D eigenvalue weighted by Crippen LogP contribution is 2.19. The predicted molar refractivity (Wildman–Crippen MR) is 128 cm³/mol. The zero-order valence-electron chi connectivity index (χ0n) is 18.1. The molecule has 1 fully saturated rings. The van der Waals surface area contributed by atoms with Crippen LogP contribution >= 0.6 is 23.1 Å². The maximum atomic E-state index is 12.4. The summed E-state index contributed by atoms with van der Waals surface area (Å²) in [6.45, 7) is 6.11. The van der Waals surface area contributed by atoms with Crippen molar-refractivity contribution in [3.05, 3.63) is 39.8 Å². The van der Waals surface area contributed by atoms with E-state index in [4.69, 9.17) is 0 Å². The molecule has 7 nitrogen and oxygen atoms in total. The molecule has 9 heteroatoms. The molecule has 0 bridgehead atoms. The molecule has 2 aromatic rings. The van der Waals surface area contributed by atoms with Crippen LogP contribution in [0, 0.1) is 6.92 Å². The number of para-hydroxylation sites is 1. The van der Waals surface area contributed by atoms with E-state index in [0.717, 1.165) is 35.8 Å². The largest absolute Gasteiger partial charge is 0.355 e. The fourth-order valence-electron chi connectivity index (χ4n) is 3.46. The molecule has 1 aliphatic heterocycles. The van der Waals surface area contributed by atoms with Gasteiger partial charge in [-0.3, -0.25) is 9.59 Å². The standard InChI is InChI=1S/C22H31N5O2S2/c1-17-9-4-5-10-18(17)24-21(29)22-26-25-20(31-22)16-30-15-19(28)23-11-8-14-27-12-6-2-3-7-13-27/h4-5,9-10H,2-3,6-8,11-16H2,1H3,(H,23,28)(H,24,29). The second-order valence-corrected chi connectivity index (χ2v) is 9.77. The van der Waals surface area contributed by atoms with E-state index in [1.54, 1.807) is 0 Å². The van der Waals surface area contributed by atoms with Gasteiger partial charge in [0.15, 0.2) is 0 Å². The van der Waals surface area contributed by atoms with Crippen molar-refractivity contribution in [3.8, 4) is 0 Å². The first kappa shape index (κ1) is 23.7. The van der Waals surface area contributed by atoms with E-state index in [2.05, 4.69) is 25.7 Å². The van der Waals surface area contributed by atoms with E-state index in [0.29, 0.717) is 16.5 Å². The van der Waals surface area contributed by atoms with Crippen LogP contribution < -0.4 is 10.6 Å². The highest BCUT2D eigenvalue weighted by Gasteiger charge is 2.14. The minimum absolute atomic E-state index is 0.0444. The molecule has 2 heterocycles. The van der Waals surface area contributed by atoms with Crippen molar-refractivity contribution in [2.75, 3.05) is 37.2 Å². The molecular weight excluding hydrogens is 430 g/mol. The highest BCUT2D eigenvalue weighted by atomic mass is 32.2. The third-order valence-electron chi connectivity index (χ3n) is 5.19. The Bertz CT molecular complexity index is 850. The number of anilines is 1. The smallest absolute Gasteiger partial charge is 0.286 e. The predicted octanol–water partition coefficient (Wildman–Crippen LogP) is 3.71. The number of aryl methyl sites for hydroxylation is 1. The van der Waals surface area contributed by atoms with Crippen LogP contribution in [0.3, 0.4) is 0 Å². The number of rotatable bonds is 10. The fourth-order valence-corrected chi connectivity index (χ4v) is 5.10. The first-order valence-electron chi connectivity index (χ1n) is 10.9. The Morgan fingerprint density at radius 1 is 1.13 bits per heavy atom. The Hall–Kier alpha value is -1.97. The number of carbonyl (C=O) groups excluding carboxylic acids is 2. The van der Waals surface area contributed by atoms with E-state index >= 15 is 0 Å². The summed E-state index contributed by atoms with van der Waals surface area (Å²) in [7, 11) is 0. The van der Waals surface area contributed by atoms with Gasteiger partial charge < -0.3 is 15.5 Å². The average molecular weight is 462 g/mol. The molecule has 0 radical (unpaired) electrons. The summed E-state index contributed by atoms with van der Waals surface area (Å²) in [4.78, 5) is 26.9. The molecule has 1 aromatic carbocycles. The SMILES string of the molecule is Cc1ccccc1NC(=O)c1nnc(CSCC(=O)NCCCN2CCCCCC2)s1. The van der Waals surface area contributed by atoms with Crippen LogP contribution in [-0.2, 0) is 10.5 Å². The van der Waals surface area contributed by atoms with Crippen LogP contribution in [0.4, 0.5) is 5.69 Å². The van der Waals surface area contributed by atoms with Gasteiger partial charge >= 0.3 is 0 Å². The molecule has 0 unspecified atom stereocenters. The Morgan fingerprint density at radius 3 is 2.68 bits per heavy atom. The van der Waals surface area contributed by atoms with Gasteiger partial charge in [-0.1, -0.05) is 42.4 Å². The lowest BCUT2D eigenvalue weighted by atomic mass is 10.2. The van der Waals surface area contributed by atoms with Crippen molar-refractivity contribution in [1.82, 2.24) is 20.4 Å². The maximum Gasteiger partial charge on any atom is 0.286 e. The third kappa shape index (κ3) is 8.23. The maximum absolute atomic E-state index is 12.4. The number of carbonyl (C=O) groups is 2. The van der Waals surface area contributed by atoms with E-state index < -0.39 is 0 Å². The minimum Gasteiger partial charge on any atom is -0.355 e. The van der Waals surface area contributed by atoms with Gasteiger partial charge in [0.05, 0.1) is 5.75 Å². The van der Waals surface area contributed by atoms with Gasteiger partial charge in [-0.2, -0.15) is 0 Å². The molecule has 2 N–H and O–H groups in total. The Morgan fingerprint density at radius 2 is 1.90 bits per heavy atom. The zero-order chi connectivity index (χ0) is 21.9. The van der Waals surface area contributed by atoms with Crippen LogP contribution in [0.25, 0.3) is 0 Å². The first-order valence-corrected chi connectivity index (χ1v) is 12.8. The average Bonchev–Trinajstić information content (AvgIpc) is 3.08. The monoisotopic (exact) mass is 461 g/mol. The number of aromatic nitrogens is 2. The van der Waals surface area contributed by atoms with Gasteiger partial charge in [0, 0.05) is 18.0 Å². The van der Waals surface area contributed by atoms with Crippen molar-refractivity contribution < 1.29 is 9.59 Å². The van der Waals surface area contributed by atoms with Crippen LogP contribution in [-0.4, -0.2) is 58.8 Å². The number of nitrogens with one attached hydrogen (secondary N) is 2. The first-order chi connectivity index (χ1) is 15.1. The van der Waals surface area contributed by atoms with E-state index in [9.17, 15) is 9.59 Å². The van der Waals surface area contributed by atoms with Crippen LogP contribution in [0.15, 0.2) is 24.3 Å². The van der Waals surface area contributed by atoms with Crippen molar-refractivity contribution >= 4 is 40.6 Å². The van der Waals surface area contributed by atoms with Gasteiger partial charge in [0.25, 0.3) is 5.91 Å². The summed E-state index contributed by atoms with van der Waals surface area (Å²) in [6.07, 6.45) is 6.27. The molecule has 1 aliphatic rings. The number of nitrogens with zero attached hydrogens (tertiary/aromatic N) is 3. The summed E-state index contributed by atoms with van der Waals surface area (Å²) >= 11 is 2.75. The Kier molecular flexibility index (Phi) is 9.77. The third-order valence-corrected chi connectivity index (χ3v) is 7.23. The zero-order valence-corrected chi connectivity index (χ0v) is 19.7. The second-order valence-electron chi connectivity index (χ2n) is 7.72. The van der Waals surface area contributed by atoms with E-state index in [-0.39, 0.29) is 11.8 Å². The molecule has 31 heavy (non-hydrogen) atoms. The molecule has 0 atom stereocenters. The summed E-state index contributed by atoms with van der Waals surface area (Å²) in [5.74, 6) is 0.734. The van der Waals surface area contributed by atoms with Gasteiger partial charge in [0.2, 0.25) is 10.9 Å². The molecule has 2 amide bonds. The quantitative estimate of drug-likeness (QED) is 0.525. The van der Waals surface area contributed by atoms with Crippen LogP contribution in [0.1, 0.15) is 52.5 Å². The highest BCUT2D eigenvalue weighted by molar-refractivity contribution is 7.99. The molecule has 3 rings (SSSR count). The van der Waals surface area contributed by atoms with E-state index in [1.807, 2.05) is 31.2 Å². The Labute approximate surface area is 192 Å². The van der Waals surface area contributed by atoms with Gasteiger partial charge in [-0.05, 0) is 57.5 Å². The van der Waals surface area contributed by atoms with Crippen molar-refractivity contribution in [3.63, 3.8) is 0 Å². The summed E-state index contributed by atoms with van der Waals surface area (Å²) in [5, 5.41) is 15.0. The summed E-state index contributed by atoms with van der Waals surface area (Å²) in [5.41, 5.74) is 1.76. The number of amides is 2. The number of likely N-dealkylation sites (tertiary alicyclic amines) is 1. The summed E-state index contributed by atoms with van der Waals surface area (Å²) in [6, 6.07) is 7.61. The normalized spacial score (nSPS) is 14.7. The molecule has 1 saturated heterocycles. The van der Waals surface area contributed by atoms with Gasteiger partial charge in [0.1, 0.15) is 5.01 Å².